The van der Waals surface area contributed by atoms with Gasteiger partial charge < -0.3 is 9.64 Å². The molecule has 114 valence electrons. The first-order valence-electron chi connectivity index (χ1n) is 6.67. The summed E-state index contributed by atoms with van der Waals surface area (Å²) in [5.41, 5.74) is -0.478. The van der Waals surface area contributed by atoms with E-state index in [0.29, 0.717) is 13.1 Å². The largest absolute Gasteiger partial charge is 0.444 e. The Labute approximate surface area is 137 Å². The minimum absolute atomic E-state index is 0.128. The molecule has 0 aromatic carbocycles. The third-order valence-corrected chi connectivity index (χ3v) is 4.63. The van der Waals surface area contributed by atoms with Gasteiger partial charge in [-0.15, -0.1) is 11.3 Å². The van der Waals surface area contributed by atoms with Crippen molar-refractivity contribution in [2.75, 3.05) is 13.1 Å². The van der Waals surface area contributed by atoms with E-state index in [4.69, 9.17) is 4.74 Å². The van der Waals surface area contributed by atoms with Crippen molar-refractivity contribution >= 4 is 33.4 Å². The topological polar surface area (TPSA) is 65.4 Å². The van der Waals surface area contributed by atoms with E-state index < -0.39 is 5.60 Å². The van der Waals surface area contributed by atoms with E-state index in [1.165, 1.54) is 11.3 Å². The molecular weight excluding hydrogens is 354 g/mol. The Hall–Kier alpha value is -1.10. The molecule has 21 heavy (non-hydrogen) atoms. The van der Waals surface area contributed by atoms with Crippen molar-refractivity contribution in [2.45, 2.75) is 38.5 Å². The molecule has 7 heteroatoms. The quantitative estimate of drug-likeness (QED) is 0.884. The first kappa shape index (κ1) is 16.3. The molecule has 1 fully saturated rings. The fourth-order valence-electron chi connectivity index (χ4n) is 1.96. The Bertz CT molecular complexity index is 555. The molecule has 2 heterocycles. The van der Waals surface area contributed by atoms with Gasteiger partial charge in [0.1, 0.15) is 11.6 Å². The van der Waals surface area contributed by atoms with Gasteiger partial charge in [0.2, 0.25) is 0 Å². The predicted molar refractivity (Wildman–Crippen MR) is 85.1 cm³/mol. The number of rotatable bonds is 3. The maximum absolute atomic E-state index is 11.8. The molecule has 1 atom stereocenters. The number of amides is 1. The highest BCUT2D eigenvalue weighted by Gasteiger charge is 2.35. The van der Waals surface area contributed by atoms with E-state index in [9.17, 15) is 10.1 Å². The van der Waals surface area contributed by atoms with Crippen LogP contribution < -0.4 is 5.32 Å². The zero-order valence-corrected chi connectivity index (χ0v) is 14.6. The molecule has 1 aromatic heterocycles. The van der Waals surface area contributed by atoms with Crippen LogP contribution >= 0.6 is 27.3 Å². The number of ether oxygens (including phenoxy) is 1. The Kier molecular flexibility index (Phi) is 4.91. The molecule has 0 radical (unpaired) electrons. The lowest BCUT2D eigenvalue weighted by molar-refractivity contribution is 0.00478. The van der Waals surface area contributed by atoms with Gasteiger partial charge in [-0.2, -0.15) is 5.26 Å². The molecule has 0 spiro atoms. The number of hydrogen-bond acceptors (Lipinski definition) is 5. The van der Waals surface area contributed by atoms with Crippen molar-refractivity contribution in [1.29, 1.82) is 5.26 Å². The summed E-state index contributed by atoms with van der Waals surface area (Å²) in [5, 5.41) is 12.5. The lowest BCUT2D eigenvalue weighted by Gasteiger charge is -2.40. The fourth-order valence-corrected chi connectivity index (χ4v) is 3.39. The normalized spacial score (nSPS) is 17.0. The highest BCUT2D eigenvalue weighted by molar-refractivity contribution is 9.11. The highest BCUT2D eigenvalue weighted by Crippen LogP contribution is 2.28. The van der Waals surface area contributed by atoms with Crippen molar-refractivity contribution in [3.8, 4) is 6.07 Å². The van der Waals surface area contributed by atoms with E-state index >= 15 is 0 Å². The first-order chi connectivity index (χ1) is 9.78. The zero-order valence-electron chi connectivity index (χ0n) is 12.2. The van der Waals surface area contributed by atoms with Gasteiger partial charge in [0.15, 0.2) is 0 Å². The molecule has 1 saturated heterocycles. The van der Waals surface area contributed by atoms with Crippen LogP contribution in [0.3, 0.4) is 0 Å². The molecule has 1 unspecified atom stereocenters. The molecule has 5 nitrogen and oxygen atoms in total. The standard InChI is InChI=1S/C14H18BrN3O2S/c1-14(2,3)20-13(19)18-7-9(8-18)17-10(6-16)11-4-5-12(15)21-11/h4-5,9-10,17H,7-8H2,1-3H3. The third-order valence-electron chi connectivity index (χ3n) is 2.94. The van der Waals surface area contributed by atoms with Gasteiger partial charge in [0.05, 0.1) is 9.86 Å². The summed E-state index contributed by atoms with van der Waals surface area (Å²) < 4.78 is 6.30. The zero-order chi connectivity index (χ0) is 15.6. The van der Waals surface area contributed by atoms with Gasteiger partial charge in [-0.3, -0.25) is 5.32 Å². The van der Waals surface area contributed by atoms with Crippen LogP contribution in [-0.2, 0) is 4.74 Å². The molecule has 0 aliphatic carbocycles. The van der Waals surface area contributed by atoms with Crippen molar-refractivity contribution in [1.82, 2.24) is 10.2 Å². The Balaban J connectivity index is 1.82. The number of carbonyl (C=O) groups is 1. The molecule has 1 amide bonds. The molecule has 1 aromatic rings. The van der Waals surface area contributed by atoms with Gasteiger partial charge in [0.25, 0.3) is 0 Å². The van der Waals surface area contributed by atoms with Gasteiger partial charge in [-0.25, -0.2) is 4.79 Å². The summed E-state index contributed by atoms with van der Waals surface area (Å²) in [4.78, 5) is 14.4. The maximum Gasteiger partial charge on any atom is 0.410 e. The summed E-state index contributed by atoms with van der Waals surface area (Å²) in [6.45, 7) is 6.68. The smallest absolute Gasteiger partial charge is 0.410 e. The third kappa shape index (κ3) is 4.43. The number of nitrogens with one attached hydrogen (secondary N) is 1. The maximum atomic E-state index is 11.8. The molecule has 0 saturated carbocycles. The van der Waals surface area contributed by atoms with Gasteiger partial charge >= 0.3 is 6.09 Å². The van der Waals surface area contributed by atoms with Crippen molar-refractivity contribution in [3.63, 3.8) is 0 Å². The number of thiophene rings is 1. The number of likely N-dealkylation sites (tertiary alicyclic amines) is 1. The van der Waals surface area contributed by atoms with Crippen LogP contribution in [0.4, 0.5) is 4.79 Å². The summed E-state index contributed by atoms with van der Waals surface area (Å²) in [6.07, 6.45) is -0.298. The average Bonchev–Trinajstić information content (AvgIpc) is 2.72. The van der Waals surface area contributed by atoms with Crippen LogP contribution in [0.2, 0.25) is 0 Å². The van der Waals surface area contributed by atoms with Gasteiger partial charge in [-0.1, -0.05) is 0 Å². The Morgan fingerprint density at radius 1 is 1.57 bits per heavy atom. The number of hydrogen-bond donors (Lipinski definition) is 1. The van der Waals surface area contributed by atoms with Crippen LogP contribution in [0.1, 0.15) is 31.7 Å². The molecule has 1 N–H and O–H groups in total. The molecule has 2 rings (SSSR count). The predicted octanol–water partition coefficient (Wildman–Crippen LogP) is 3.28. The van der Waals surface area contributed by atoms with Crippen LogP contribution in [0, 0.1) is 11.3 Å². The van der Waals surface area contributed by atoms with E-state index in [1.807, 2.05) is 32.9 Å². The summed E-state index contributed by atoms with van der Waals surface area (Å²) in [7, 11) is 0. The summed E-state index contributed by atoms with van der Waals surface area (Å²) in [5.74, 6) is 0. The molecule has 1 aliphatic rings. The van der Waals surface area contributed by atoms with Crippen LogP contribution in [0.15, 0.2) is 15.9 Å². The lowest BCUT2D eigenvalue weighted by atomic mass is 10.1. The summed E-state index contributed by atoms with van der Waals surface area (Å²) >= 11 is 4.93. The summed E-state index contributed by atoms with van der Waals surface area (Å²) in [6, 6.07) is 5.90. The van der Waals surface area contributed by atoms with E-state index in [0.717, 1.165) is 8.66 Å². The fraction of sp³-hybridized carbons (Fsp3) is 0.571. The van der Waals surface area contributed by atoms with Gasteiger partial charge in [-0.05, 0) is 48.8 Å². The monoisotopic (exact) mass is 371 g/mol. The van der Waals surface area contributed by atoms with E-state index in [-0.39, 0.29) is 18.2 Å². The number of nitriles is 1. The Morgan fingerprint density at radius 3 is 2.71 bits per heavy atom. The molecular formula is C14H18BrN3O2S. The molecule has 0 bridgehead atoms. The second kappa shape index (κ2) is 6.34. The lowest BCUT2D eigenvalue weighted by Crippen LogP contribution is -2.60. The first-order valence-corrected chi connectivity index (χ1v) is 8.28. The van der Waals surface area contributed by atoms with Crippen LogP contribution in [0.5, 0.6) is 0 Å². The number of carbonyl (C=O) groups excluding carboxylic acids is 1. The second-order valence-electron chi connectivity index (χ2n) is 5.95. The minimum atomic E-state index is -0.478. The van der Waals surface area contributed by atoms with Crippen LogP contribution in [-0.4, -0.2) is 35.7 Å². The SMILES string of the molecule is CC(C)(C)OC(=O)N1CC(NC(C#N)c2ccc(Br)s2)C1. The minimum Gasteiger partial charge on any atom is -0.444 e. The number of nitrogens with zero attached hydrogens (tertiary/aromatic N) is 2. The van der Waals surface area contributed by atoms with Crippen LogP contribution in [0.25, 0.3) is 0 Å². The van der Waals surface area contributed by atoms with Crippen molar-refractivity contribution in [3.05, 3.63) is 20.8 Å². The average molecular weight is 372 g/mol. The van der Waals surface area contributed by atoms with E-state index in [2.05, 4.69) is 27.3 Å². The van der Waals surface area contributed by atoms with E-state index in [1.54, 1.807) is 4.90 Å². The second-order valence-corrected chi connectivity index (χ2v) is 8.45. The Morgan fingerprint density at radius 2 is 2.24 bits per heavy atom. The van der Waals surface area contributed by atoms with Gasteiger partial charge in [0, 0.05) is 24.0 Å². The van der Waals surface area contributed by atoms with Crippen molar-refractivity contribution in [2.24, 2.45) is 0 Å². The number of halogens is 1. The highest BCUT2D eigenvalue weighted by atomic mass is 79.9. The molecule has 1 aliphatic heterocycles. The van der Waals surface area contributed by atoms with Crippen molar-refractivity contribution < 1.29 is 9.53 Å².